The predicted molar refractivity (Wildman–Crippen MR) is 58.5 cm³/mol. The number of carbonyl (C=O) groups excluding carboxylic acids is 1. The van der Waals surface area contributed by atoms with Crippen molar-refractivity contribution in [3.8, 4) is 5.88 Å². The molecule has 0 saturated heterocycles. The fourth-order valence-electron chi connectivity index (χ4n) is 1.24. The topological polar surface area (TPSA) is 91.6 Å². The summed E-state index contributed by atoms with van der Waals surface area (Å²) in [6, 6.07) is 0. The molecule has 0 saturated carbocycles. The molecule has 1 aromatic rings. The van der Waals surface area contributed by atoms with Crippen molar-refractivity contribution in [2.75, 3.05) is 14.2 Å². The van der Waals surface area contributed by atoms with Crippen molar-refractivity contribution >= 4 is 23.3 Å². The molecule has 17 heavy (non-hydrogen) atoms. The molecule has 0 N–H and O–H groups in total. The molecule has 0 aliphatic heterocycles. The first-order valence-electron chi connectivity index (χ1n) is 4.40. The van der Waals surface area contributed by atoms with Crippen molar-refractivity contribution < 1.29 is 19.2 Å². The molecule has 0 spiro atoms. The maximum atomic E-state index is 11.4. The summed E-state index contributed by atoms with van der Waals surface area (Å²) in [5.41, 5.74) is -0.817. The molecule has 1 rings (SSSR count). The van der Waals surface area contributed by atoms with Crippen LogP contribution in [0.4, 0.5) is 5.69 Å². The molecular weight excluding hydrogens is 252 g/mol. The lowest BCUT2D eigenvalue weighted by atomic mass is 10.2. The van der Waals surface area contributed by atoms with E-state index in [-0.39, 0.29) is 16.5 Å². The van der Waals surface area contributed by atoms with E-state index in [9.17, 15) is 14.9 Å². The van der Waals surface area contributed by atoms with Gasteiger partial charge in [0.2, 0.25) is 11.6 Å². The lowest BCUT2D eigenvalue weighted by molar-refractivity contribution is -0.386. The molecule has 1 heterocycles. The first-order valence-corrected chi connectivity index (χ1v) is 4.78. The molecule has 0 aliphatic carbocycles. The van der Waals surface area contributed by atoms with Crippen LogP contribution in [0.15, 0.2) is 0 Å². The molecule has 0 unspecified atom stereocenters. The van der Waals surface area contributed by atoms with Crippen molar-refractivity contribution in [1.82, 2.24) is 4.98 Å². The van der Waals surface area contributed by atoms with Crippen LogP contribution in [0.5, 0.6) is 5.88 Å². The monoisotopic (exact) mass is 260 g/mol. The number of aromatic nitrogens is 1. The maximum absolute atomic E-state index is 11.4. The van der Waals surface area contributed by atoms with Crippen molar-refractivity contribution in [3.05, 3.63) is 26.4 Å². The van der Waals surface area contributed by atoms with Gasteiger partial charge in [-0.3, -0.25) is 10.1 Å². The summed E-state index contributed by atoms with van der Waals surface area (Å²) in [6.45, 7) is 1.40. The SMILES string of the molecule is COC(=O)c1nc(OC)c(Cl)c(C)c1[N+](=O)[O-]. The highest BCUT2D eigenvalue weighted by Crippen LogP contribution is 2.34. The van der Waals surface area contributed by atoms with Gasteiger partial charge in [0.05, 0.1) is 24.7 Å². The number of ether oxygens (including phenoxy) is 2. The molecule has 1 aromatic heterocycles. The van der Waals surface area contributed by atoms with Crippen LogP contribution in [0.1, 0.15) is 16.1 Å². The van der Waals surface area contributed by atoms with Crippen LogP contribution in [-0.2, 0) is 4.74 Å². The summed E-state index contributed by atoms with van der Waals surface area (Å²) in [5.74, 6) is -0.982. The fraction of sp³-hybridized carbons (Fsp3) is 0.333. The summed E-state index contributed by atoms with van der Waals surface area (Å²) >= 11 is 5.82. The highest BCUT2D eigenvalue weighted by molar-refractivity contribution is 6.33. The molecule has 0 atom stereocenters. The third kappa shape index (κ3) is 2.28. The van der Waals surface area contributed by atoms with E-state index in [0.717, 1.165) is 7.11 Å². The number of carbonyl (C=O) groups is 1. The molecule has 92 valence electrons. The zero-order valence-corrected chi connectivity index (χ0v) is 10.1. The van der Waals surface area contributed by atoms with E-state index < -0.39 is 22.3 Å². The van der Waals surface area contributed by atoms with Crippen LogP contribution < -0.4 is 4.74 Å². The minimum Gasteiger partial charge on any atom is -0.480 e. The Morgan fingerprint density at radius 3 is 2.47 bits per heavy atom. The Morgan fingerprint density at radius 1 is 1.47 bits per heavy atom. The molecular formula is C9H9ClN2O5. The van der Waals surface area contributed by atoms with Gasteiger partial charge in [-0.25, -0.2) is 4.79 Å². The van der Waals surface area contributed by atoms with Crippen LogP contribution in [0, 0.1) is 17.0 Å². The number of hydrogen-bond acceptors (Lipinski definition) is 6. The molecule has 0 fully saturated rings. The third-order valence-electron chi connectivity index (χ3n) is 2.06. The van der Waals surface area contributed by atoms with Gasteiger partial charge in [0.25, 0.3) is 0 Å². The van der Waals surface area contributed by atoms with Gasteiger partial charge < -0.3 is 9.47 Å². The van der Waals surface area contributed by atoms with Crippen molar-refractivity contribution in [2.45, 2.75) is 6.92 Å². The summed E-state index contributed by atoms with van der Waals surface area (Å²) in [5, 5.41) is 10.9. The standard InChI is InChI=1S/C9H9ClN2O5/c1-4-5(10)8(16-2)11-6(9(13)17-3)7(4)12(14)15/h1-3H3. The van der Waals surface area contributed by atoms with Gasteiger partial charge in [-0.15, -0.1) is 0 Å². The van der Waals surface area contributed by atoms with E-state index in [1.165, 1.54) is 14.0 Å². The van der Waals surface area contributed by atoms with Crippen LogP contribution in [0.2, 0.25) is 5.02 Å². The second-order valence-electron chi connectivity index (χ2n) is 3.01. The maximum Gasteiger partial charge on any atom is 0.364 e. The minimum atomic E-state index is -0.922. The first-order chi connectivity index (χ1) is 7.93. The highest BCUT2D eigenvalue weighted by atomic mass is 35.5. The zero-order valence-electron chi connectivity index (χ0n) is 9.31. The largest absolute Gasteiger partial charge is 0.480 e. The van der Waals surface area contributed by atoms with Crippen molar-refractivity contribution in [3.63, 3.8) is 0 Å². The Hall–Kier alpha value is -1.89. The summed E-state index contributed by atoms with van der Waals surface area (Å²) in [6.07, 6.45) is 0. The molecule has 0 aromatic carbocycles. The summed E-state index contributed by atoms with van der Waals surface area (Å²) < 4.78 is 9.24. The Balaban J connectivity index is 3.61. The zero-order chi connectivity index (χ0) is 13.2. The second-order valence-corrected chi connectivity index (χ2v) is 3.38. The van der Waals surface area contributed by atoms with E-state index in [2.05, 4.69) is 9.72 Å². The third-order valence-corrected chi connectivity index (χ3v) is 2.51. The Labute approximate surface area is 101 Å². The molecule has 0 radical (unpaired) electrons. The second kappa shape index (κ2) is 4.96. The molecule has 7 nitrogen and oxygen atoms in total. The predicted octanol–water partition coefficient (Wildman–Crippen LogP) is 1.75. The average Bonchev–Trinajstić information content (AvgIpc) is 2.30. The van der Waals surface area contributed by atoms with Gasteiger partial charge in [-0.05, 0) is 6.92 Å². The van der Waals surface area contributed by atoms with Gasteiger partial charge in [-0.2, -0.15) is 4.98 Å². The Morgan fingerprint density at radius 2 is 2.06 bits per heavy atom. The van der Waals surface area contributed by atoms with E-state index in [4.69, 9.17) is 16.3 Å². The smallest absolute Gasteiger partial charge is 0.364 e. The van der Waals surface area contributed by atoms with Crippen LogP contribution in [0.3, 0.4) is 0 Å². The normalized spacial score (nSPS) is 9.88. The van der Waals surface area contributed by atoms with E-state index >= 15 is 0 Å². The molecule has 0 aliphatic rings. The summed E-state index contributed by atoms with van der Waals surface area (Å²) in [4.78, 5) is 25.2. The quantitative estimate of drug-likeness (QED) is 0.467. The van der Waals surface area contributed by atoms with Crippen LogP contribution >= 0.6 is 11.6 Å². The molecule has 0 amide bonds. The highest BCUT2D eigenvalue weighted by Gasteiger charge is 2.29. The van der Waals surface area contributed by atoms with Crippen molar-refractivity contribution in [1.29, 1.82) is 0 Å². The minimum absolute atomic E-state index is 0.00754. The number of hydrogen-bond donors (Lipinski definition) is 0. The Kier molecular flexibility index (Phi) is 3.84. The molecule has 8 heteroatoms. The average molecular weight is 261 g/mol. The number of rotatable bonds is 3. The van der Waals surface area contributed by atoms with E-state index in [1.807, 2.05) is 0 Å². The number of nitro groups is 1. The van der Waals surface area contributed by atoms with Gasteiger partial charge in [0.15, 0.2) is 0 Å². The number of esters is 1. The van der Waals surface area contributed by atoms with E-state index in [1.54, 1.807) is 0 Å². The van der Waals surface area contributed by atoms with E-state index in [0.29, 0.717) is 0 Å². The fourth-order valence-corrected chi connectivity index (χ4v) is 1.45. The Bertz CT molecular complexity index is 489. The first kappa shape index (κ1) is 13.2. The van der Waals surface area contributed by atoms with Gasteiger partial charge in [0.1, 0.15) is 5.02 Å². The summed E-state index contributed by atoms with van der Waals surface area (Å²) in [7, 11) is 2.39. The number of nitrogens with zero attached hydrogens (tertiary/aromatic N) is 2. The lowest BCUT2D eigenvalue weighted by Crippen LogP contribution is -2.11. The number of methoxy groups -OCH3 is 2. The lowest BCUT2D eigenvalue weighted by Gasteiger charge is -2.08. The van der Waals surface area contributed by atoms with Gasteiger partial charge in [0, 0.05) is 0 Å². The number of halogens is 1. The van der Waals surface area contributed by atoms with Crippen LogP contribution in [-0.4, -0.2) is 30.1 Å². The molecule has 0 bridgehead atoms. The van der Waals surface area contributed by atoms with Crippen LogP contribution in [0.25, 0.3) is 0 Å². The van der Waals surface area contributed by atoms with Gasteiger partial charge >= 0.3 is 11.7 Å². The number of pyridine rings is 1. The van der Waals surface area contributed by atoms with Crippen molar-refractivity contribution in [2.24, 2.45) is 0 Å². The van der Waals surface area contributed by atoms with Gasteiger partial charge in [-0.1, -0.05) is 11.6 Å².